The molecule has 3 aliphatic heterocycles. The van der Waals surface area contributed by atoms with Gasteiger partial charge in [0.05, 0.1) is 45.7 Å². The Hall–Kier alpha value is -3.87. The summed E-state index contributed by atoms with van der Waals surface area (Å²) in [5.41, 5.74) is 13.2. The molecule has 0 saturated carbocycles. The Balaban J connectivity index is 1.03. The fourth-order valence-electron chi connectivity index (χ4n) is 6.78. The average molecular weight is 909 g/mol. The van der Waals surface area contributed by atoms with Crippen molar-refractivity contribution in [2.75, 3.05) is 57.7 Å². The number of halogens is 2. The number of hydrogen-bond acceptors (Lipinski definition) is 20. The van der Waals surface area contributed by atoms with Crippen molar-refractivity contribution in [2.45, 2.75) is 68.3 Å². The van der Waals surface area contributed by atoms with Crippen LogP contribution in [0.15, 0.2) is 49.6 Å². The second-order valence-corrected chi connectivity index (χ2v) is 19.5. The minimum absolute atomic E-state index is 0.0363. The third kappa shape index (κ3) is 9.71. The maximum absolute atomic E-state index is 16.8. The molecular weight excluding hydrogens is 867 g/mol. The van der Waals surface area contributed by atoms with Gasteiger partial charge in [-0.2, -0.15) is 0 Å². The zero-order chi connectivity index (χ0) is 42.7. The molecule has 326 valence electrons. The molecule has 3 fully saturated rings. The highest BCUT2D eigenvalue weighted by atomic mass is 32.7. The Morgan fingerprint density at radius 1 is 0.770 bits per heavy atom. The van der Waals surface area contributed by atoms with Gasteiger partial charge >= 0.3 is 6.80 Å². The molecule has 0 unspecified atom stereocenters. The molecular formula is C34H41BF2N10O11P2S. The molecule has 61 heavy (non-hydrogen) atoms. The number of alkyl halides is 2. The minimum Gasteiger partial charge on any atom is -0.491 e. The van der Waals surface area contributed by atoms with Gasteiger partial charge < -0.3 is 44.2 Å². The Bertz CT molecular complexity index is 2390. The van der Waals surface area contributed by atoms with Gasteiger partial charge in [0.25, 0.3) is 7.47 Å². The summed E-state index contributed by atoms with van der Waals surface area (Å²) in [4.78, 5) is 24.5. The zero-order valence-electron chi connectivity index (χ0n) is 32.5. The number of nitrogens with zero attached hydrogens (tertiary/aromatic N) is 8. The number of fused-ring (bicyclic) bond motifs is 4. The van der Waals surface area contributed by atoms with Gasteiger partial charge in [0, 0.05) is 12.4 Å². The van der Waals surface area contributed by atoms with Crippen LogP contribution in [0, 0.1) is 0 Å². The molecule has 5 aromatic rings. The molecule has 0 amide bonds. The van der Waals surface area contributed by atoms with Crippen molar-refractivity contribution < 1.29 is 59.7 Å². The zero-order valence-corrected chi connectivity index (χ0v) is 35.1. The van der Waals surface area contributed by atoms with E-state index in [1.807, 2.05) is 6.92 Å². The van der Waals surface area contributed by atoms with Gasteiger partial charge in [-0.15, -0.1) is 0 Å². The molecule has 0 bridgehead atoms. The van der Waals surface area contributed by atoms with Crippen LogP contribution in [0.5, 0.6) is 5.75 Å². The van der Waals surface area contributed by atoms with E-state index in [4.69, 9.17) is 60.8 Å². The van der Waals surface area contributed by atoms with Crippen molar-refractivity contribution in [1.82, 2.24) is 39.0 Å². The van der Waals surface area contributed by atoms with Crippen LogP contribution in [0.1, 0.15) is 31.4 Å². The number of nitrogens with two attached hydrogens (primary N) is 2. The SMILES string of the molecule is [B][P@]1(=O)OC[C@H]2O[C@@H](n3cnc4c(N)ncnc43)[C@H](F)[C@@H]2O[P@](=O)(SCc2ccc(OCCOCCOCCC)cc2)OC[C@H]2O[C@@H](n3cnc4c(N)ncnc43)[C@H](F)[C@@H]2O1. The van der Waals surface area contributed by atoms with Gasteiger partial charge in [0.15, 0.2) is 47.7 Å². The summed E-state index contributed by atoms with van der Waals surface area (Å²) in [6.45, 7) is -1.53. The summed E-state index contributed by atoms with van der Waals surface area (Å²) < 4.78 is 116. The van der Waals surface area contributed by atoms with Crippen LogP contribution >= 0.6 is 25.7 Å². The van der Waals surface area contributed by atoms with E-state index in [2.05, 4.69) is 29.9 Å². The molecule has 1 aromatic carbocycles. The van der Waals surface area contributed by atoms with Crippen molar-refractivity contribution >= 4 is 67.2 Å². The van der Waals surface area contributed by atoms with Crippen LogP contribution in [0.25, 0.3) is 22.3 Å². The van der Waals surface area contributed by atoms with Gasteiger partial charge in [-0.05, 0) is 35.5 Å². The standard InChI is InChI=1S/C34H41BF2N10O11P2S/c1-2-7-50-8-9-51-10-11-52-20-5-3-19(4-6-20)14-61-60(49)54-13-22-27(23(36)33(56-22)46-17-44-25-29(38)40-15-42-31(25)46)57-59(35,48)53-12-21-28(58-60)24(37)34(55-21)47-18-45-26-30(39)41-16-43-32(26)47/h3-6,15-18,21-24,27-28,33-34H,2,7-14H2,1H3,(H2,38,40,42)(H2,39,41,43)/t21-,22-,23-,24-,27-,28-,33-,34-,59+,60-/m1/s1. The lowest BCUT2D eigenvalue weighted by molar-refractivity contribution is -0.0546. The Morgan fingerprint density at radius 2 is 1.31 bits per heavy atom. The molecule has 3 aliphatic rings. The quantitative estimate of drug-likeness (QED) is 0.0896. The van der Waals surface area contributed by atoms with E-state index in [1.54, 1.807) is 24.3 Å². The smallest absolute Gasteiger partial charge is 0.389 e. The normalized spacial score (nSPS) is 30.8. The van der Waals surface area contributed by atoms with Crippen molar-refractivity contribution in [3.8, 4) is 5.75 Å². The third-order valence-corrected chi connectivity index (χ3v) is 14.4. The maximum Gasteiger partial charge on any atom is 0.389 e. The molecule has 3 saturated heterocycles. The summed E-state index contributed by atoms with van der Waals surface area (Å²) in [7, 11) is 1.34. The highest BCUT2D eigenvalue weighted by molar-refractivity contribution is 8.54. The van der Waals surface area contributed by atoms with E-state index >= 15 is 8.78 Å². The molecule has 10 atom stereocenters. The highest BCUT2D eigenvalue weighted by Crippen LogP contribution is 2.65. The first kappa shape index (κ1) is 43.8. The van der Waals surface area contributed by atoms with Crippen molar-refractivity contribution in [3.05, 3.63) is 55.1 Å². The molecule has 4 N–H and O–H groups in total. The molecule has 8 rings (SSSR count). The van der Waals surface area contributed by atoms with E-state index in [9.17, 15) is 9.13 Å². The van der Waals surface area contributed by atoms with Crippen LogP contribution in [0.4, 0.5) is 20.4 Å². The van der Waals surface area contributed by atoms with E-state index in [0.29, 0.717) is 44.3 Å². The van der Waals surface area contributed by atoms with Gasteiger partial charge in [-0.3, -0.25) is 22.7 Å². The van der Waals surface area contributed by atoms with E-state index < -0.39 is 76.7 Å². The van der Waals surface area contributed by atoms with E-state index in [-0.39, 0.29) is 39.7 Å². The molecule has 7 heterocycles. The lowest BCUT2D eigenvalue weighted by atomic mass is 10.1. The third-order valence-electron chi connectivity index (χ3n) is 9.72. The Labute approximate surface area is 352 Å². The summed E-state index contributed by atoms with van der Waals surface area (Å²) in [5.74, 6) is 0.679. The topological polar surface area (TPSA) is 256 Å². The summed E-state index contributed by atoms with van der Waals surface area (Å²) in [6.07, 6.45) is -7.66. The first-order chi connectivity index (χ1) is 29.4. The van der Waals surface area contributed by atoms with E-state index in [1.165, 1.54) is 28.1 Å². The molecule has 27 heteroatoms. The molecule has 2 radical (unpaired) electrons. The van der Waals surface area contributed by atoms with Crippen molar-refractivity contribution in [3.63, 3.8) is 0 Å². The second-order valence-electron chi connectivity index (χ2n) is 13.9. The van der Waals surface area contributed by atoms with Crippen LogP contribution in [-0.4, -0.2) is 130 Å². The summed E-state index contributed by atoms with van der Waals surface area (Å²) in [5, 5.41) is 0. The number of anilines is 2. The van der Waals surface area contributed by atoms with Gasteiger partial charge in [0.2, 0.25) is 7.57 Å². The predicted molar refractivity (Wildman–Crippen MR) is 215 cm³/mol. The van der Waals surface area contributed by atoms with Crippen molar-refractivity contribution in [1.29, 1.82) is 0 Å². The fraction of sp³-hybridized carbons (Fsp3) is 0.529. The lowest BCUT2D eigenvalue weighted by Crippen LogP contribution is -2.37. The highest BCUT2D eigenvalue weighted by Gasteiger charge is 2.54. The number of benzene rings is 1. The number of aromatic nitrogens is 8. The van der Waals surface area contributed by atoms with E-state index in [0.717, 1.165) is 24.1 Å². The van der Waals surface area contributed by atoms with Gasteiger partial charge in [-0.1, -0.05) is 19.1 Å². The van der Waals surface area contributed by atoms with Crippen LogP contribution in [-0.2, 0) is 51.9 Å². The van der Waals surface area contributed by atoms with Crippen molar-refractivity contribution in [2.24, 2.45) is 0 Å². The van der Waals surface area contributed by atoms with Crippen LogP contribution in [0.3, 0.4) is 0 Å². The van der Waals surface area contributed by atoms with Gasteiger partial charge in [-0.25, -0.2) is 43.2 Å². The average Bonchev–Trinajstić information content (AvgIpc) is 4.02. The minimum atomic E-state index is -4.66. The number of ether oxygens (including phenoxy) is 5. The number of imidazole rings is 2. The van der Waals surface area contributed by atoms with Gasteiger partial charge in [0.1, 0.15) is 60.5 Å². The maximum atomic E-state index is 16.8. The molecule has 21 nitrogen and oxygen atoms in total. The number of rotatable bonds is 14. The monoisotopic (exact) mass is 908 g/mol. The fourth-order valence-corrected chi connectivity index (χ4v) is 11.2. The van der Waals surface area contributed by atoms with Crippen LogP contribution < -0.4 is 16.2 Å². The number of nitrogen functional groups attached to an aromatic ring is 2. The molecule has 0 spiro atoms. The Kier molecular flexibility index (Phi) is 13.5. The second kappa shape index (κ2) is 18.9. The lowest BCUT2D eigenvalue weighted by Gasteiger charge is -2.30. The predicted octanol–water partition coefficient (Wildman–Crippen LogP) is 4.26. The first-order valence-corrected chi connectivity index (χ1v) is 23.8. The number of hydrogen-bond donors (Lipinski definition) is 2. The Morgan fingerprint density at radius 3 is 1.90 bits per heavy atom. The first-order valence-electron chi connectivity index (χ1n) is 19.0. The molecule has 0 aliphatic carbocycles. The van der Waals surface area contributed by atoms with Crippen LogP contribution in [0.2, 0.25) is 0 Å². The summed E-state index contributed by atoms with van der Waals surface area (Å²) in [6, 6.07) is 6.95. The largest absolute Gasteiger partial charge is 0.491 e. The summed E-state index contributed by atoms with van der Waals surface area (Å²) >= 11 is 0.736. The molecule has 4 aromatic heterocycles.